The lowest BCUT2D eigenvalue weighted by atomic mass is 9.95. The highest BCUT2D eigenvalue weighted by atomic mass is 16.5. The number of hydrogen-bond acceptors (Lipinski definition) is 5. The van der Waals surface area contributed by atoms with Gasteiger partial charge in [-0.3, -0.25) is 9.89 Å². The van der Waals surface area contributed by atoms with Gasteiger partial charge in [-0.15, -0.1) is 0 Å². The average molecular weight is 379 g/mol. The van der Waals surface area contributed by atoms with Gasteiger partial charge < -0.3 is 19.8 Å². The Morgan fingerprint density at radius 2 is 1.96 bits per heavy atom. The molecular formula is C21H21N3O4. The van der Waals surface area contributed by atoms with Crippen LogP contribution in [0.25, 0.3) is 11.3 Å². The number of nitrogens with one attached hydrogen (secondary N) is 1. The number of fused-ring (bicyclic) bond motifs is 1. The number of amides is 1. The number of nitrogens with zero attached hydrogens (tertiary/aromatic N) is 2. The second-order valence-electron chi connectivity index (χ2n) is 6.78. The van der Waals surface area contributed by atoms with E-state index in [1.165, 1.54) is 0 Å². The van der Waals surface area contributed by atoms with Crippen LogP contribution in [-0.2, 0) is 0 Å². The van der Waals surface area contributed by atoms with Crippen molar-refractivity contribution in [2.24, 2.45) is 0 Å². The van der Waals surface area contributed by atoms with E-state index in [1.807, 2.05) is 43.3 Å². The highest BCUT2D eigenvalue weighted by molar-refractivity contribution is 6.00. The molecule has 0 aliphatic carbocycles. The molecular weight excluding hydrogens is 358 g/mol. The first kappa shape index (κ1) is 18.1. The molecule has 0 bridgehead atoms. The zero-order valence-corrected chi connectivity index (χ0v) is 15.6. The summed E-state index contributed by atoms with van der Waals surface area (Å²) in [5.74, 6) is 0.586. The molecule has 1 aliphatic heterocycles. The zero-order valence-electron chi connectivity index (χ0n) is 15.6. The molecule has 7 nitrogen and oxygen atoms in total. The topological polar surface area (TPSA) is 98.7 Å². The molecule has 0 saturated heterocycles. The summed E-state index contributed by atoms with van der Waals surface area (Å²) in [6, 6.07) is 12.3. The van der Waals surface area contributed by atoms with E-state index in [-0.39, 0.29) is 24.8 Å². The minimum absolute atomic E-state index is 0.0986. The molecule has 1 aliphatic rings. The number of aromatic amines is 1. The van der Waals surface area contributed by atoms with Gasteiger partial charge in [-0.2, -0.15) is 5.10 Å². The fourth-order valence-corrected chi connectivity index (χ4v) is 3.71. The second kappa shape index (κ2) is 7.01. The number of methoxy groups -OCH3 is 1. The quantitative estimate of drug-likeness (QED) is 0.633. The van der Waals surface area contributed by atoms with Crippen LogP contribution in [0.5, 0.6) is 11.5 Å². The molecule has 144 valence electrons. The zero-order chi connectivity index (χ0) is 19.8. The van der Waals surface area contributed by atoms with Crippen LogP contribution >= 0.6 is 0 Å². The number of carbonyl (C=O) groups excluding carboxylic acids is 1. The lowest BCUT2D eigenvalue weighted by Gasteiger charge is -2.25. The highest BCUT2D eigenvalue weighted by Crippen LogP contribution is 2.44. The Bertz CT molecular complexity index is 1030. The van der Waals surface area contributed by atoms with Crippen molar-refractivity contribution in [2.75, 3.05) is 20.3 Å². The Labute approximate surface area is 162 Å². The summed E-state index contributed by atoms with van der Waals surface area (Å²) in [4.78, 5) is 14.6. The lowest BCUT2D eigenvalue weighted by molar-refractivity contribution is 0.0706. The Kier molecular flexibility index (Phi) is 4.52. The van der Waals surface area contributed by atoms with Crippen molar-refractivity contribution in [1.29, 1.82) is 0 Å². The summed E-state index contributed by atoms with van der Waals surface area (Å²) in [5.41, 5.74) is 4.02. The smallest absolute Gasteiger partial charge is 0.273 e. The molecule has 3 N–H and O–H groups in total. The number of aliphatic hydroxyl groups excluding tert-OH is 1. The van der Waals surface area contributed by atoms with Crippen molar-refractivity contribution >= 4 is 5.91 Å². The largest absolute Gasteiger partial charge is 0.507 e. The number of carbonyl (C=O) groups is 1. The molecule has 0 radical (unpaired) electrons. The number of aromatic hydroxyl groups is 1. The van der Waals surface area contributed by atoms with Crippen molar-refractivity contribution < 1.29 is 19.7 Å². The molecule has 0 fully saturated rings. The van der Waals surface area contributed by atoms with Crippen molar-refractivity contribution in [3.05, 3.63) is 64.8 Å². The van der Waals surface area contributed by atoms with E-state index in [9.17, 15) is 15.0 Å². The Morgan fingerprint density at radius 3 is 2.64 bits per heavy atom. The number of phenols is 1. The third-order valence-corrected chi connectivity index (χ3v) is 5.04. The van der Waals surface area contributed by atoms with Gasteiger partial charge >= 0.3 is 0 Å². The number of H-pyrrole nitrogens is 1. The first-order valence-corrected chi connectivity index (χ1v) is 8.99. The van der Waals surface area contributed by atoms with E-state index in [1.54, 1.807) is 18.1 Å². The lowest BCUT2D eigenvalue weighted by Crippen LogP contribution is -2.32. The maximum Gasteiger partial charge on any atom is 0.273 e. The third kappa shape index (κ3) is 2.80. The highest BCUT2D eigenvalue weighted by Gasteiger charge is 2.42. The third-order valence-electron chi connectivity index (χ3n) is 5.04. The van der Waals surface area contributed by atoms with Crippen molar-refractivity contribution in [2.45, 2.75) is 13.0 Å². The van der Waals surface area contributed by atoms with Gasteiger partial charge in [-0.1, -0.05) is 23.8 Å². The number of β-amino-alcohol motifs (C(OH)–C–C–N with tert-alkyl or cyclic N) is 1. The molecule has 2 heterocycles. The van der Waals surface area contributed by atoms with Crippen LogP contribution in [0.4, 0.5) is 0 Å². The number of phenolic OH excluding ortho intramolecular Hbond substituents is 1. The molecule has 4 rings (SSSR count). The van der Waals surface area contributed by atoms with Gasteiger partial charge in [0.25, 0.3) is 5.91 Å². The normalized spacial score (nSPS) is 15.8. The summed E-state index contributed by atoms with van der Waals surface area (Å²) < 4.78 is 5.23. The molecule has 3 aromatic rings. The Hall–Kier alpha value is -3.32. The number of ether oxygens (including phenoxy) is 1. The monoisotopic (exact) mass is 379 g/mol. The molecule has 0 unspecified atom stereocenters. The Balaban J connectivity index is 1.90. The number of benzene rings is 2. The van der Waals surface area contributed by atoms with Crippen LogP contribution in [0, 0.1) is 6.92 Å². The predicted octanol–water partition coefficient (Wildman–Crippen LogP) is 2.64. The first-order valence-electron chi connectivity index (χ1n) is 8.99. The van der Waals surface area contributed by atoms with Gasteiger partial charge in [0.15, 0.2) is 0 Å². The molecule has 28 heavy (non-hydrogen) atoms. The van der Waals surface area contributed by atoms with Crippen molar-refractivity contribution in [1.82, 2.24) is 15.1 Å². The summed E-state index contributed by atoms with van der Waals surface area (Å²) in [5, 5.41) is 27.1. The number of rotatable bonds is 5. The van der Waals surface area contributed by atoms with Gasteiger partial charge in [0.1, 0.15) is 22.9 Å². The van der Waals surface area contributed by atoms with Crippen molar-refractivity contribution in [3.63, 3.8) is 0 Å². The minimum Gasteiger partial charge on any atom is -0.507 e. The molecule has 7 heteroatoms. The van der Waals surface area contributed by atoms with Crippen molar-refractivity contribution in [3.8, 4) is 22.8 Å². The van der Waals surface area contributed by atoms with E-state index < -0.39 is 6.04 Å². The fourth-order valence-electron chi connectivity index (χ4n) is 3.71. The summed E-state index contributed by atoms with van der Waals surface area (Å²) >= 11 is 0. The SMILES string of the molecule is COc1ccc([C@@H]2c3c(-c4cc(C)ccc4O)n[nH]c3C(=O)N2CCO)cc1. The number of aryl methyl sites for hydroxylation is 1. The second-order valence-corrected chi connectivity index (χ2v) is 6.78. The van der Waals surface area contributed by atoms with E-state index in [4.69, 9.17) is 4.74 Å². The molecule has 0 saturated carbocycles. The number of aromatic nitrogens is 2. The predicted molar refractivity (Wildman–Crippen MR) is 103 cm³/mol. The van der Waals surface area contributed by atoms with Crippen LogP contribution in [0.1, 0.15) is 33.2 Å². The summed E-state index contributed by atoms with van der Waals surface area (Å²) in [6.45, 7) is 1.97. The number of aliphatic hydroxyl groups is 1. The summed E-state index contributed by atoms with van der Waals surface area (Å²) in [6.07, 6.45) is 0. The molecule has 1 amide bonds. The molecule has 2 aromatic carbocycles. The Morgan fingerprint density at radius 1 is 1.21 bits per heavy atom. The van der Waals surface area contributed by atoms with E-state index >= 15 is 0 Å². The molecule has 1 aromatic heterocycles. The first-order chi connectivity index (χ1) is 13.5. The number of hydrogen-bond donors (Lipinski definition) is 3. The minimum atomic E-state index is -0.422. The standard InChI is InChI=1S/C21H21N3O4/c1-12-3-8-16(26)15(11-12)18-17-19(23-22-18)21(27)24(9-10-25)20(17)13-4-6-14(28-2)7-5-13/h3-8,11,20,25-26H,9-10H2,1-2H3,(H,22,23)/t20-/m1/s1. The molecule has 0 spiro atoms. The maximum atomic E-state index is 12.9. The van der Waals surface area contributed by atoms with Crippen LogP contribution in [-0.4, -0.2) is 51.5 Å². The van der Waals surface area contributed by atoms with Gasteiger partial charge in [-0.25, -0.2) is 0 Å². The average Bonchev–Trinajstić information content (AvgIpc) is 3.24. The fraction of sp³-hybridized carbons (Fsp3) is 0.238. The van der Waals surface area contributed by atoms with Gasteiger partial charge in [0, 0.05) is 17.7 Å². The van der Waals surface area contributed by atoms with Crippen LogP contribution in [0.2, 0.25) is 0 Å². The summed E-state index contributed by atoms with van der Waals surface area (Å²) in [7, 11) is 1.60. The van der Waals surface area contributed by atoms with Crippen LogP contribution in [0.15, 0.2) is 42.5 Å². The molecule has 1 atom stereocenters. The van der Waals surface area contributed by atoms with Crippen LogP contribution < -0.4 is 4.74 Å². The maximum absolute atomic E-state index is 12.9. The van der Waals surface area contributed by atoms with E-state index in [2.05, 4.69) is 10.2 Å². The van der Waals surface area contributed by atoms with E-state index in [0.29, 0.717) is 28.3 Å². The van der Waals surface area contributed by atoms with Gasteiger partial charge in [0.2, 0.25) is 0 Å². The van der Waals surface area contributed by atoms with Gasteiger partial charge in [0.05, 0.1) is 19.8 Å². The van der Waals surface area contributed by atoms with Crippen LogP contribution in [0.3, 0.4) is 0 Å². The van der Waals surface area contributed by atoms with Gasteiger partial charge in [-0.05, 0) is 36.8 Å². The van der Waals surface area contributed by atoms with E-state index in [0.717, 1.165) is 11.1 Å².